The fraction of sp³-hybridized carbons (Fsp3) is 0.381. The largest absolute Gasteiger partial charge is 0.471 e. The molecule has 0 fully saturated rings. The third-order valence-electron chi connectivity index (χ3n) is 4.90. The lowest BCUT2D eigenvalue weighted by Crippen LogP contribution is -2.27. The Labute approximate surface area is 175 Å². The first kappa shape index (κ1) is 20.9. The monoisotopic (exact) mass is 415 g/mol. The van der Waals surface area contributed by atoms with Gasteiger partial charge in [0.25, 0.3) is 5.91 Å². The normalized spacial score (nSPS) is 12.1. The molecule has 0 aliphatic heterocycles. The zero-order valence-electron chi connectivity index (χ0n) is 17.4. The molecule has 3 aromatic rings. The molecule has 1 aromatic carbocycles. The number of carbonyl (C=O) groups is 1. The SMILES string of the molecule is CCn1ncc(C(C)NC(=O)c2ccn(COc3cc(C)c(Cl)c(C)c3)n2)c1C. The van der Waals surface area contributed by atoms with E-state index in [1.165, 1.54) is 0 Å². The quantitative estimate of drug-likeness (QED) is 0.627. The smallest absolute Gasteiger partial charge is 0.272 e. The number of carbonyl (C=O) groups excluding carboxylic acids is 1. The van der Waals surface area contributed by atoms with Gasteiger partial charge in [0, 0.05) is 29.0 Å². The van der Waals surface area contributed by atoms with Crippen molar-refractivity contribution in [3.05, 3.63) is 63.7 Å². The van der Waals surface area contributed by atoms with Crippen LogP contribution in [-0.4, -0.2) is 25.5 Å². The van der Waals surface area contributed by atoms with Gasteiger partial charge in [0.15, 0.2) is 6.73 Å². The molecule has 0 spiro atoms. The highest BCUT2D eigenvalue weighted by atomic mass is 35.5. The Bertz CT molecular complexity index is 1000. The molecule has 0 saturated heterocycles. The minimum Gasteiger partial charge on any atom is -0.471 e. The molecule has 0 aliphatic carbocycles. The predicted molar refractivity (Wildman–Crippen MR) is 112 cm³/mol. The van der Waals surface area contributed by atoms with Crippen molar-refractivity contribution in [3.8, 4) is 5.75 Å². The van der Waals surface area contributed by atoms with Crippen molar-refractivity contribution < 1.29 is 9.53 Å². The summed E-state index contributed by atoms with van der Waals surface area (Å²) < 4.78 is 9.27. The topological polar surface area (TPSA) is 74.0 Å². The fourth-order valence-electron chi connectivity index (χ4n) is 3.24. The number of rotatable bonds is 7. The molecule has 154 valence electrons. The molecule has 0 aliphatic rings. The summed E-state index contributed by atoms with van der Waals surface area (Å²) in [5, 5.41) is 12.4. The van der Waals surface area contributed by atoms with Crippen LogP contribution in [0.4, 0.5) is 0 Å². The Hall–Kier alpha value is -2.80. The standard InChI is InChI=1S/C21H26ClN5O2/c1-6-27-16(5)18(11-23-27)15(4)24-21(28)19-7-8-26(25-19)12-29-17-9-13(2)20(22)14(3)10-17/h7-11,15H,6,12H2,1-5H3,(H,24,28). The third-order valence-corrected chi connectivity index (χ3v) is 5.50. The lowest BCUT2D eigenvalue weighted by molar-refractivity contribution is 0.0932. The predicted octanol–water partition coefficient (Wildman–Crippen LogP) is 4.21. The van der Waals surface area contributed by atoms with E-state index >= 15 is 0 Å². The summed E-state index contributed by atoms with van der Waals surface area (Å²) in [6.07, 6.45) is 3.52. The van der Waals surface area contributed by atoms with E-state index in [1.807, 2.05) is 51.4 Å². The lowest BCUT2D eigenvalue weighted by Gasteiger charge is -2.13. The van der Waals surface area contributed by atoms with Gasteiger partial charge >= 0.3 is 0 Å². The van der Waals surface area contributed by atoms with Crippen LogP contribution in [0.3, 0.4) is 0 Å². The number of halogens is 1. The molecule has 8 heteroatoms. The highest BCUT2D eigenvalue weighted by molar-refractivity contribution is 6.32. The molecule has 1 N–H and O–H groups in total. The van der Waals surface area contributed by atoms with Crippen LogP contribution in [0.5, 0.6) is 5.75 Å². The summed E-state index contributed by atoms with van der Waals surface area (Å²) in [6.45, 7) is 10.8. The van der Waals surface area contributed by atoms with Crippen LogP contribution < -0.4 is 10.1 Å². The zero-order valence-corrected chi connectivity index (χ0v) is 18.1. The molecule has 7 nitrogen and oxygen atoms in total. The number of aromatic nitrogens is 4. The Kier molecular flexibility index (Phi) is 6.27. The number of hydrogen-bond acceptors (Lipinski definition) is 4. The van der Waals surface area contributed by atoms with Crippen molar-refractivity contribution >= 4 is 17.5 Å². The fourth-order valence-corrected chi connectivity index (χ4v) is 3.35. The number of hydrogen-bond donors (Lipinski definition) is 1. The summed E-state index contributed by atoms with van der Waals surface area (Å²) in [5.41, 5.74) is 4.30. The number of amides is 1. The molecule has 0 radical (unpaired) electrons. The first-order valence-electron chi connectivity index (χ1n) is 9.56. The van der Waals surface area contributed by atoms with Crippen molar-refractivity contribution in [2.24, 2.45) is 0 Å². The Morgan fingerprint density at radius 2 is 1.97 bits per heavy atom. The third kappa shape index (κ3) is 4.62. The average molecular weight is 416 g/mol. The van der Waals surface area contributed by atoms with E-state index < -0.39 is 0 Å². The Morgan fingerprint density at radius 1 is 1.28 bits per heavy atom. The minimum absolute atomic E-state index is 0.163. The van der Waals surface area contributed by atoms with Gasteiger partial charge in [0.1, 0.15) is 11.4 Å². The van der Waals surface area contributed by atoms with E-state index in [0.717, 1.165) is 34.0 Å². The van der Waals surface area contributed by atoms with Crippen LogP contribution in [0.1, 0.15) is 52.8 Å². The van der Waals surface area contributed by atoms with Gasteiger partial charge in [-0.25, -0.2) is 4.68 Å². The van der Waals surface area contributed by atoms with Crippen LogP contribution in [0.25, 0.3) is 0 Å². The molecule has 3 rings (SSSR count). The first-order valence-corrected chi connectivity index (χ1v) is 9.94. The molecule has 1 atom stereocenters. The van der Waals surface area contributed by atoms with E-state index in [1.54, 1.807) is 23.1 Å². The summed E-state index contributed by atoms with van der Waals surface area (Å²) in [6, 6.07) is 5.27. The molecule has 0 bridgehead atoms. The molecule has 29 heavy (non-hydrogen) atoms. The maximum atomic E-state index is 12.6. The van der Waals surface area contributed by atoms with E-state index in [0.29, 0.717) is 11.4 Å². The van der Waals surface area contributed by atoms with Crippen molar-refractivity contribution in [1.82, 2.24) is 24.9 Å². The lowest BCUT2D eigenvalue weighted by atomic mass is 10.1. The molecular formula is C21H26ClN5O2. The van der Waals surface area contributed by atoms with E-state index in [2.05, 4.69) is 15.5 Å². The van der Waals surface area contributed by atoms with Gasteiger partial charge in [-0.15, -0.1) is 0 Å². The molecule has 2 aromatic heterocycles. The maximum Gasteiger partial charge on any atom is 0.272 e. The second-order valence-electron chi connectivity index (χ2n) is 7.08. The molecule has 0 saturated carbocycles. The summed E-state index contributed by atoms with van der Waals surface area (Å²) in [7, 11) is 0. The Balaban J connectivity index is 1.61. The maximum absolute atomic E-state index is 12.6. The summed E-state index contributed by atoms with van der Waals surface area (Å²) in [5.74, 6) is 0.473. The van der Waals surface area contributed by atoms with Crippen molar-refractivity contribution in [2.45, 2.75) is 53.9 Å². The summed E-state index contributed by atoms with van der Waals surface area (Å²) in [4.78, 5) is 12.6. The van der Waals surface area contributed by atoms with Crippen molar-refractivity contribution in [3.63, 3.8) is 0 Å². The zero-order chi connectivity index (χ0) is 21.1. The van der Waals surface area contributed by atoms with Gasteiger partial charge in [0.05, 0.1) is 12.2 Å². The van der Waals surface area contributed by atoms with Gasteiger partial charge in [0.2, 0.25) is 0 Å². The van der Waals surface area contributed by atoms with Gasteiger partial charge in [-0.3, -0.25) is 9.48 Å². The van der Waals surface area contributed by atoms with Gasteiger partial charge in [-0.1, -0.05) is 11.6 Å². The molecular weight excluding hydrogens is 390 g/mol. The van der Waals surface area contributed by atoms with Gasteiger partial charge < -0.3 is 10.1 Å². The molecule has 2 heterocycles. The van der Waals surface area contributed by atoms with Crippen molar-refractivity contribution in [1.29, 1.82) is 0 Å². The van der Waals surface area contributed by atoms with E-state index in [4.69, 9.17) is 16.3 Å². The minimum atomic E-state index is -0.238. The number of benzene rings is 1. The highest BCUT2D eigenvalue weighted by Crippen LogP contribution is 2.26. The second kappa shape index (κ2) is 8.69. The van der Waals surface area contributed by atoms with Crippen LogP contribution >= 0.6 is 11.6 Å². The Morgan fingerprint density at radius 3 is 2.59 bits per heavy atom. The first-order chi connectivity index (χ1) is 13.8. The van der Waals surface area contributed by atoms with E-state index in [9.17, 15) is 4.79 Å². The molecule has 1 amide bonds. The number of aryl methyl sites for hydroxylation is 3. The van der Waals surface area contributed by atoms with Crippen molar-refractivity contribution in [2.75, 3.05) is 0 Å². The molecule has 1 unspecified atom stereocenters. The summed E-state index contributed by atoms with van der Waals surface area (Å²) >= 11 is 6.19. The van der Waals surface area contributed by atoms with Crippen LogP contribution in [-0.2, 0) is 13.3 Å². The average Bonchev–Trinajstić information content (AvgIpc) is 3.30. The number of ether oxygens (including phenoxy) is 1. The van der Waals surface area contributed by atoms with E-state index in [-0.39, 0.29) is 18.7 Å². The van der Waals surface area contributed by atoms with Crippen LogP contribution in [0.2, 0.25) is 5.02 Å². The van der Waals surface area contributed by atoms with Crippen LogP contribution in [0.15, 0.2) is 30.6 Å². The number of nitrogens with zero attached hydrogens (tertiary/aromatic N) is 4. The van der Waals surface area contributed by atoms with Gasteiger partial charge in [-0.2, -0.15) is 10.2 Å². The highest BCUT2D eigenvalue weighted by Gasteiger charge is 2.17. The second-order valence-corrected chi connectivity index (χ2v) is 7.46. The van der Waals surface area contributed by atoms with Crippen LogP contribution in [0, 0.1) is 20.8 Å². The van der Waals surface area contributed by atoms with Gasteiger partial charge in [-0.05, 0) is 63.9 Å². The number of nitrogens with one attached hydrogen (secondary N) is 1.